The molecule has 0 fully saturated rings. The van der Waals surface area contributed by atoms with Crippen LogP contribution in [-0.2, 0) is 16.5 Å². The molecule has 0 saturated carbocycles. The van der Waals surface area contributed by atoms with Crippen molar-refractivity contribution in [2.75, 3.05) is 0 Å². The van der Waals surface area contributed by atoms with Crippen LogP contribution in [0.5, 0.6) is 0 Å². The van der Waals surface area contributed by atoms with Gasteiger partial charge in [0.15, 0.2) is 5.78 Å². The molecule has 0 bridgehead atoms. The Morgan fingerprint density at radius 1 is 0.909 bits per heavy atom. The Morgan fingerprint density at radius 3 is 1.95 bits per heavy atom. The van der Waals surface area contributed by atoms with Gasteiger partial charge in [0.1, 0.15) is 0 Å². The van der Waals surface area contributed by atoms with Crippen molar-refractivity contribution in [3.8, 4) is 0 Å². The Labute approximate surface area is 126 Å². The SMILES string of the molecule is O=C(O)c1ccccc1C(=O)Cc1ccc(S(=O)(=O)O)cc1. The summed E-state index contributed by atoms with van der Waals surface area (Å²) in [4.78, 5) is 23.0. The molecule has 0 aliphatic heterocycles. The van der Waals surface area contributed by atoms with Crippen LogP contribution < -0.4 is 0 Å². The summed E-state index contributed by atoms with van der Waals surface area (Å²) >= 11 is 0. The van der Waals surface area contributed by atoms with E-state index < -0.39 is 21.9 Å². The minimum Gasteiger partial charge on any atom is -0.478 e. The normalized spacial score (nSPS) is 11.1. The lowest BCUT2D eigenvalue weighted by Crippen LogP contribution is -2.10. The van der Waals surface area contributed by atoms with Gasteiger partial charge in [-0.25, -0.2) is 4.79 Å². The topological polar surface area (TPSA) is 109 Å². The Kier molecular flexibility index (Phi) is 4.39. The van der Waals surface area contributed by atoms with Gasteiger partial charge in [0.25, 0.3) is 10.1 Å². The smallest absolute Gasteiger partial charge is 0.336 e. The molecule has 7 heteroatoms. The molecular weight excluding hydrogens is 308 g/mol. The molecule has 0 aliphatic rings. The van der Waals surface area contributed by atoms with Gasteiger partial charge in [-0.1, -0.05) is 30.3 Å². The fraction of sp³-hybridized carbons (Fsp3) is 0.0667. The largest absolute Gasteiger partial charge is 0.478 e. The molecule has 0 atom stereocenters. The molecule has 0 aliphatic carbocycles. The van der Waals surface area contributed by atoms with E-state index in [1.165, 1.54) is 42.5 Å². The van der Waals surface area contributed by atoms with Crippen molar-refractivity contribution in [1.29, 1.82) is 0 Å². The minimum atomic E-state index is -4.28. The van der Waals surface area contributed by atoms with E-state index in [2.05, 4.69) is 0 Å². The molecule has 0 unspecified atom stereocenters. The summed E-state index contributed by atoms with van der Waals surface area (Å²) in [7, 11) is -4.28. The van der Waals surface area contributed by atoms with Gasteiger partial charge >= 0.3 is 5.97 Å². The number of carboxylic acids is 1. The third kappa shape index (κ3) is 3.57. The van der Waals surface area contributed by atoms with Gasteiger partial charge in [-0.15, -0.1) is 0 Å². The molecule has 22 heavy (non-hydrogen) atoms. The second-order valence-corrected chi connectivity index (χ2v) is 5.99. The van der Waals surface area contributed by atoms with Crippen molar-refractivity contribution in [2.24, 2.45) is 0 Å². The van der Waals surface area contributed by atoms with Crippen LogP contribution in [0.4, 0.5) is 0 Å². The minimum absolute atomic E-state index is 0.0734. The lowest BCUT2D eigenvalue weighted by molar-refractivity contribution is 0.0692. The molecule has 0 saturated heterocycles. The molecule has 0 aromatic heterocycles. The van der Waals surface area contributed by atoms with Crippen LogP contribution in [0.3, 0.4) is 0 Å². The van der Waals surface area contributed by atoms with E-state index >= 15 is 0 Å². The highest BCUT2D eigenvalue weighted by Gasteiger charge is 2.16. The lowest BCUT2D eigenvalue weighted by Gasteiger charge is -2.06. The maximum absolute atomic E-state index is 12.2. The van der Waals surface area contributed by atoms with Crippen molar-refractivity contribution in [2.45, 2.75) is 11.3 Å². The van der Waals surface area contributed by atoms with Crippen molar-refractivity contribution in [1.82, 2.24) is 0 Å². The quantitative estimate of drug-likeness (QED) is 0.644. The monoisotopic (exact) mass is 320 g/mol. The highest BCUT2D eigenvalue weighted by molar-refractivity contribution is 7.85. The van der Waals surface area contributed by atoms with E-state index in [-0.39, 0.29) is 22.4 Å². The number of ketones is 1. The van der Waals surface area contributed by atoms with Gasteiger partial charge in [-0.2, -0.15) is 8.42 Å². The zero-order chi connectivity index (χ0) is 16.3. The second kappa shape index (κ2) is 6.08. The number of hydrogen-bond acceptors (Lipinski definition) is 4. The first-order chi connectivity index (χ1) is 10.3. The van der Waals surface area contributed by atoms with E-state index in [4.69, 9.17) is 9.66 Å². The molecule has 2 N–H and O–H groups in total. The number of carboxylic acid groups (broad SMARTS) is 1. The predicted molar refractivity (Wildman–Crippen MR) is 77.7 cm³/mol. The summed E-state index contributed by atoms with van der Waals surface area (Å²) in [6.45, 7) is 0. The van der Waals surface area contributed by atoms with Crippen molar-refractivity contribution >= 4 is 21.9 Å². The highest BCUT2D eigenvalue weighted by Crippen LogP contribution is 2.15. The average molecular weight is 320 g/mol. The summed E-state index contributed by atoms with van der Waals surface area (Å²) in [5.41, 5.74) is 0.522. The van der Waals surface area contributed by atoms with Crippen molar-refractivity contribution in [3.05, 3.63) is 65.2 Å². The fourth-order valence-electron chi connectivity index (χ4n) is 1.97. The molecule has 6 nitrogen and oxygen atoms in total. The molecule has 2 aromatic rings. The summed E-state index contributed by atoms with van der Waals surface area (Å²) < 4.78 is 30.7. The van der Waals surface area contributed by atoms with Gasteiger partial charge in [0.05, 0.1) is 10.5 Å². The van der Waals surface area contributed by atoms with Crippen LogP contribution in [0, 0.1) is 0 Å². The Morgan fingerprint density at radius 2 is 1.45 bits per heavy atom. The van der Waals surface area contributed by atoms with Gasteiger partial charge in [0.2, 0.25) is 0 Å². The molecule has 0 radical (unpaired) electrons. The van der Waals surface area contributed by atoms with Crippen LogP contribution in [0.2, 0.25) is 0 Å². The standard InChI is InChI=1S/C15H12O6S/c16-14(12-3-1-2-4-13(12)15(17)18)9-10-5-7-11(8-6-10)22(19,20)21/h1-8H,9H2,(H,17,18)(H,19,20,21). The van der Waals surface area contributed by atoms with E-state index in [0.29, 0.717) is 5.56 Å². The molecule has 0 heterocycles. The third-order valence-corrected chi connectivity index (χ3v) is 3.91. The number of carbonyl (C=O) groups is 2. The summed E-state index contributed by atoms with van der Waals surface area (Å²) in [6.07, 6.45) is -0.0734. The average Bonchev–Trinajstić information content (AvgIpc) is 2.46. The Bertz CT molecular complexity index is 821. The number of benzene rings is 2. The molecular formula is C15H12O6S. The Balaban J connectivity index is 2.25. The first kappa shape index (κ1) is 15.9. The van der Waals surface area contributed by atoms with Crippen LogP contribution >= 0.6 is 0 Å². The maximum Gasteiger partial charge on any atom is 0.336 e. The van der Waals surface area contributed by atoms with Gasteiger partial charge in [0, 0.05) is 12.0 Å². The zero-order valence-corrected chi connectivity index (χ0v) is 12.1. The molecule has 2 rings (SSSR count). The maximum atomic E-state index is 12.2. The third-order valence-electron chi connectivity index (χ3n) is 3.04. The molecule has 0 spiro atoms. The van der Waals surface area contributed by atoms with E-state index in [0.717, 1.165) is 0 Å². The van der Waals surface area contributed by atoms with Crippen LogP contribution in [0.15, 0.2) is 53.4 Å². The Hall–Kier alpha value is -2.51. The summed E-state index contributed by atoms with van der Waals surface area (Å²) in [5, 5.41) is 9.06. The van der Waals surface area contributed by atoms with Gasteiger partial charge in [-0.3, -0.25) is 9.35 Å². The summed E-state index contributed by atoms with van der Waals surface area (Å²) in [5.74, 6) is -1.58. The number of Topliss-reactive ketones (excluding diaryl/α,β-unsaturated/α-hetero) is 1. The second-order valence-electron chi connectivity index (χ2n) is 4.57. The molecule has 114 valence electrons. The van der Waals surface area contributed by atoms with Gasteiger partial charge in [-0.05, 0) is 23.8 Å². The fourth-order valence-corrected chi connectivity index (χ4v) is 2.45. The van der Waals surface area contributed by atoms with Crippen LogP contribution in [0.25, 0.3) is 0 Å². The first-order valence-electron chi connectivity index (χ1n) is 6.21. The molecule has 0 amide bonds. The van der Waals surface area contributed by atoms with Gasteiger partial charge < -0.3 is 5.11 Å². The van der Waals surface area contributed by atoms with Crippen LogP contribution in [-0.4, -0.2) is 29.8 Å². The molecule has 2 aromatic carbocycles. The predicted octanol–water partition coefficient (Wildman–Crippen LogP) is 2.06. The highest BCUT2D eigenvalue weighted by atomic mass is 32.2. The van der Waals surface area contributed by atoms with E-state index in [1.54, 1.807) is 6.07 Å². The summed E-state index contributed by atoms with van der Waals surface area (Å²) in [6, 6.07) is 11.0. The number of hydrogen-bond donors (Lipinski definition) is 2. The number of aromatic carboxylic acids is 1. The van der Waals surface area contributed by atoms with Crippen LogP contribution in [0.1, 0.15) is 26.3 Å². The van der Waals surface area contributed by atoms with Crippen molar-refractivity contribution < 1.29 is 27.7 Å². The number of carbonyl (C=O) groups excluding carboxylic acids is 1. The van der Waals surface area contributed by atoms with Crippen molar-refractivity contribution in [3.63, 3.8) is 0 Å². The number of rotatable bonds is 5. The first-order valence-corrected chi connectivity index (χ1v) is 7.65. The van der Waals surface area contributed by atoms with E-state index in [9.17, 15) is 18.0 Å². The zero-order valence-electron chi connectivity index (χ0n) is 11.3. The van der Waals surface area contributed by atoms with E-state index in [1.807, 2.05) is 0 Å². The lowest BCUT2D eigenvalue weighted by atomic mass is 9.98.